The lowest BCUT2D eigenvalue weighted by atomic mass is 10.1. The van der Waals surface area contributed by atoms with E-state index in [1.54, 1.807) is 0 Å². The van der Waals surface area contributed by atoms with Crippen LogP contribution in [-0.4, -0.2) is 31.9 Å². The van der Waals surface area contributed by atoms with Gasteiger partial charge in [-0.25, -0.2) is 0 Å². The van der Waals surface area contributed by atoms with E-state index >= 15 is 0 Å². The van der Waals surface area contributed by atoms with Gasteiger partial charge in [-0.05, 0) is 15.9 Å². The molecule has 0 fully saturated rings. The molecule has 0 aliphatic rings. The molecule has 86 valence electrons. The molecule has 0 atom stereocenters. The monoisotopic (exact) mass is 288 g/mol. The van der Waals surface area contributed by atoms with Gasteiger partial charge in [0, 0.05) is 4.47 Å². The standard InChI is InChI=1S/C10H9BrO5/c1-15-9-6(4-13)7(11)5(3-12)8(14)10(9)16-2/h3-4,14H,1-2H3. The highest BCUT2D eigenvalue weighted by molar-refractivity contribution is 9.10. The molecule has 0 aliphatic heterocycles. The summed E-state index contributed by atoms with van der Waals surface area (Å²) in [7, 11) is 2.63. The number of methoxy groups -OCH3 is 2. The molecule has 1 aromatic rings. The van der Waals surface area contributed by atoms with Crippen LogP contribution >= 0.6 is 15.9 Å². The number of phenols is 1. The summed E-state index contributed by atoms with van der Waals surface area (Å²) in [5.74, 6) is -0.339. The second-order valence-corrected chi connectivity index (χ2v) is 3.59. The van der Waals surface area contributed by atoms with Gasteiger partial charge in [-0.2, -0.15) is 0 Å². The number of aromatic hydroxyl groups is 1. The summed E-state index contributed by atoms with van der Waals surface area (Å²) < 4.78 is 10.0. The van der Waals surface area contributed by atoms with Crippen LogP contribution in [0.1, 0.15) is 20.7 Å². The molecule has 0 heterocycles. The van der Waals surface area contributed by atoms with Crippen molar-refractivity contribution in [3.05, 3.63) is 15.6 Å². The number of hydrogen-bond donors (Lipinski definition) is 1. The fourth-order valence-corrected chi connectivity index (χ4v) is 1.86. The van der Waals surface area contributed by atoms with Crippen molar-refractivity contribution in [3.8, 4) is 17.2 Å². The number of carbonyl (C=O) groups excluding carboxylic acids is 2. The van der Waals surface area contributed by atoms with Crippen LogP contribution in [0, 0.1) is 0 Å². The van der Waals surface area contributed by atoms with Gasteiger partial charge in [0.15, 0.2) is 24.1 Å². The van der Waals surface area contributed by atoms with Gasteiger partial charge in [-0.1, -0.05) is 0 Å². The van der Waals surface area contributed by atoms with Crippen molar-refractivity contribution in [2.45, 2.75) is 0 Å². The Morgan fingerprint density at radius 2 is 1.56 bits per heavy atom. The summed E-state index contributed by atoms with van der Waals surface area (Å²) in [6.45, 7) is 0. The smallest absolute Gasteiger partial charge is 0.204 e. The Labute approximate surface area is 100 Å². The Morgan fingerprint density at radius 1 is 1.06 bits per heavy atom. The van der Waals surface area contributed by atoms with Crippen molar-refractivity contribution in [1.29, 1.82) is 0 Å². The maximum Gasteiger partial charge on any atom is 0.204 e. The molecule has 0 bridgehead atoms. The first kappa shape index (κ1) is 12.5. The largest absolute Gasteiger partial charge is 0.504 e. The third kappa shape index (κ3) is 1.76. The van der Waals surface area contributed by atoms with E-state index in [1.807, 2.05) is 0 Å². The summed E-state index contributed by atoms with van der Waals surface area (Å²) >= 11 is 3.05. The molecule has 1 N–H and O–H groups in total. The van der Waals surface area contributed by atoms with Crippen LogP contribution in [0.2, 0.25) is 0 Å². The molecule has 0 aliphatic carbocycles. The van der Waals surface area contributed by atoms with Crippen LogP contribution in [0.25, 0.3) is 0 Å². The molecule has 1 aromatic carbocycles. The van der Waals surface area contributed by atoms with E-state index in [2.05, 4.69) is 15.9 Å². The van der Waals surface area contributed by atoms with Gasteiger partial charge < -0.3 is 14.6 Å². The molecule has 0 saturated heterocycles. The predicted octanol–water partition coefficient (Wildman–Crippen LogP) is 1.80. The first-order valence-corrected chi connectivity index (χ1v) is 4.98. The molecular weight excluding hydrogens is 280 g/mol. The van der Waals surface area contributed by atoms with Gasteiger partial charge >= 0.3 is 0 Å². The molecule has 0 amide bonds. The minimum atomic E-state index is -0.369. The normalized spacial score (nSPS) is 9.69. The number of carbonyl (C=O) groups is 2. The lowest BCUT2D eigenvalue weighted by molar-refractivity contribution is 0.111. The second-order valence-electron chi connectivity index (χ2n) is 2.79. The molecule has 0 radical (unpaired) electrons. The molecule has 1 rings (SSSR count). The van der Waals surface area contributed by atoms with Crippen molar-refractivity contribution in [3.63, 3.8) is 0 Å². The molecule has 0 spiro atoms. The predicted molar refractivity (Wildman–Crippen MR) is 59.7 cm³/mol. The van der Waals surface area contributed by atoms with Crippen molar-refractivity contribution in [2.24, 2.45) is 0 Å². The molecule has 0 aromatic heterocycles. The summed E-state index contributed by atoms with van der Waals surface area (Å²) in [5, 5.41) is 9.72. The first-order chi connectivity index (χ1) is 7.62. The summed E-state index contributed by atoms with van der Waals surface area (Å²) in [5.41, 5.74) is 0.0546. The fourth-order valence-electron chi connectivity index (χ4n) is 1.31. The van der Waals surface area contributed by atoms with Crippen LogP contribution in [0.5, 0.6) is 17.2 Å². The van der Waals surface area contributed by atoms with E-state index in [4.69, 9.17) is 9.47 Å². The summed E-state index contributed by atoms with van der Waals surface area (Å²) in [4.78, 5) is 21.7. The zero-order valence-electron chi connectivity index (χ0n) is 8.61. The minimum absolute atomic E-state index is 0.0464. The Hall–Kier alpha value is -1.56. The van der Waals surface area contributed by atoms with E-state index in [-0.39, 0.29) is 32.8 Å². The highest BCUT2D eigenvalue weighted by Gasteiger charge is 2.23. The van der Waals surface area contributed by atoms with E-state index in [1.165, 1.54) is 14.2 Å². The third-order valence-corrected chi connectivity index (χ3v) is 2.89. The van der Waals surface area contributed by atoms with E-state index < -0.39 is 0 Å². The summed E-state index contributed by atoms with van der Waals surface area (Å²) in [6.07, 6.45) is 0.937. The van der Waals surface area contributed by atoms with Gasteiger partial charge in [-0.3, -0.25) is 9.59 Å². The third-order valence-electron chi connectivity index (χ3n) is 2.04. The molecule has 16 heavy (non-hydrogen) atoms. The lowest BCUT2D eigenvalue weighted by Gasteiger charge is -2.14. The Morgan fingerprint density at radius 3 is 1.94 bits per heavy atom. The molecule has 0 unspecified atom stereocenters. The van der Waals surface area contributed by atoms with Gasteiger partial charge in [-0.15, -0.1) is 0 Å². The number of rotatable bonds is 4. The molecule has 5 nitrogen and oxygen atoms in total. The van der Waals surface area contributed by atoms with Gasteiger partial charge in [0.05, 0.1) is 25.3 Å². The quantitative estimate of drug-likeness (QED) is 0.856. The van der Waals surface area contributed by atoms with Crippen LogP contribution in [-0.2, 0) is 0 Å². The maximum atomic E-state index is 10.9. The zero-order chi connectivity index (χ0) is 12.3. The molecular formula is C10H9BrO5. The maximum absolute atomic E-state index is 10.9. The first-order valence-electron chi connectivity index (χ1n) is 4.19. The SMILES string of the molecule is COc1c(O)c(C=O)c(Br)c(C=O)c1OC. The van der Waals surface area contributed by atoms with Crippen molar-refractivity contribution >= 4 is 28.5 Å². The number of hydrogen-bond acceptors (Lipinski definition) is 5. The van der Waals surface area contributed by atoms with E-state index in [9.17, 15) is 14.7 Å². The topological polar surface area (TPSA) is 72.8 Å². The Bertz CT molecular complexity index is 442. The summed E-state index contributed by atoms with van der Waals surface area (Å²) in [6, 6.07) is 0. The van der Waals surface area contributed by atoms with Gasteiger partial charge in [0.1, 0.15) is 0 Å². The van der Waals surface area contributed by atoms with Crippen LogP contribution < -0.4 is 9.47 Å². The average molecular weight is 289 g/mol. The van der Waals surface area contributed by atoms with Crippen molar-refractivity contribution in [1.82, 2.24) is 0 Å². The zero-order valence-corrected chi connectivity index (χ0v) is 10.2. The van der Waals surface area contributed by atoms with E-state index in [0.29, 0.717) is 12.6 Å². The van der Waals surface area contributed by atoms with Crippen molar-refractivity contribution < 1.29 is 24.2 Å². The van der Waals surface area contributed by atoms with Gasteiger partial charge in [0.25, 0.3) is 0 Å². The van der Waals surface area contributed by atoms with Crippen LogP contribution in [0.4, 0.5) is 0 Å². The van der Waals surface area contributed by atoms with Gasteiger partial charge in [0.2, 0.25) is 5.75 Å². The number of aldehydes is 2. The highest BCUT2D eigenvalue weighted by Crippen LogP contribution is 2.45. The average Bonchev–Trinajstić information content (AvgIpc) is 2.29. The minimum Gasteiger partial charge on any atom is -0.504 e. The fraction of sp³-hybridized carbons (Fsp3) is 0.200. The van der Waals surface area contributed by atoms with Crippen molar-refractivity contribution in [2.75, 3.05) is 14.2 Å². The Balaban J connectivity index is 3.74. The number of phenolic OH excluding ortho intramolecular Hbond substituents is 1. The van der Waals surface area contributed by atoms with E-state index in [0.717, 1.165) is 0 Å². The molecule has 6 heteroatoms. The lowest BCUT2D eigenvalue weighted by Crippen LogP contribution is -2.00. The second kappa shape index (κ2) is 4.98. The number of benzene rings is 1. The Kier molecular flexibility index (Phi) is 3.89. The highest BCUT2D eigenvalue weighted by atomic mass is 79.9. The number of ether oxygens (including phenoxy) is 2. The van der Waals surface area contributed by atoms with Crippen LogP contribution in [0.15, 0.2) is 4.47 Å². The van der Waals surface area contributed by atoms with Crippen LogP contribution in [0.3, 0.4) is 0 Å². The molecule has 0 saturated carbocycles. The number of halogens is 1.